The molecule has 0 fully saturated rings. The van der Waals surface area contributed by atoms with E-state index in [9.17, 15) is 9.82 Å². The number of fused-ring (bicyclic) bond motifs is 1. The molecule has 0 bridgehead atoms. The molecule has 0 atom stereocenters. The normalized spacial score (nSPS) is 13.5. The van der Waals surface area contributed by atoms with Crippen LogP contribution in [0.15, 0.2) is 35.7 Å². The monoisotopic (exact) mass is 260 g/mol. The van der Waals surface area contributed by atoms with Gasteiger partial charge in [-0.05, 0) is 34.6 Å². The first-order chi connectivity index (χ1) is 8.74. The maximum atomic E-state index is 11.8. The van der Waals surface area contributed by atoms with Gasteiger partial charge in [0.15, 0.2) is 0 Å². The van der Waals surface area contributed by atoms with Gasteiger partial charge in [0, 0.05) is 0 Å². The van der Waals surface area contributed by atoms with Crippen LogP contribution in [0.4, 0.5) is 0 Å². The first-order valence-corrected chi connectivity index (χ1v) is 6.30. The number of esters is 1. The summed E-state index contributed by atoms with van der Waals surface area (Å²) in [6.07, 6.45) is 0. The van der Waals surface area contributed by atoms with Crippen LogP contribution in [0.25, 0.3) is 0 Å². The summed E-state index contributed by atoms with van der Waals surface area (Å²) in [5.41, 5.74) is 1.57. The van der Waals surface area contributed by atoms with Crippen LogP contribution < -0.4 is 10.2 Å². The van der Waals surface area contributed by atoms with Crippen LogP contribution in [0.3, 0.4) is 0 Å². The second-order valence-electron chi connectivity index (χ2n) is 3.89. The molecule has 4 nitrogen and oxygen atoms in total. The standard InChI is InChI=1S/C12H9BO4S/c14-12(11-2-1-5-18-11)17-9-4-3-8-7-16-13(15)10(8)6-9/h1-6,15H,7H2. The van der Waals surface area contributed by atoms with E-state index in [2.05, 4.69) is 0 Å². The maximum absolute atomic E-state index is 11.8. The maximum Gasteiger partial charge on any atom is 0.491 e. The van der Waals surface area contributed by atoms with Gasteiger partial charge in [-0.3, -0.25) is 0 Å². The molecule has 1 aromatic heterocycles. The van der Waals surface area contributed by atoms with Crippen molar-refractivity contribution < 1.29 is 19.2 Å². The SMILES string of the molecule is O=C(Oc1ccc2c(c1)B(O)OC2)c1cccs1. The largest absolute Gasteiger partial charge is 0.491 e. The van der Waals surface area contributed by atoms with Crippen LogP contribution in [0.1, 0.15) is 15.2 Å². The lowest BCUT2D eigenvalue weighted by Crippen LogP contribution is -2.28. The summed E-state index contributed by atoms with van der Waals surface area (Å²) in [5.74, 6) is 0.0232. The Kier molecular flexibility index (Phi) is 2.91. The van der Waals surface area contributed by atoms with Crippen LogP contribution in [0.5, 0.6) is 5.75 Å². The Morgan fingerprint density at radius 3 is 3.11 bits per heavy atom. The van der Waals surface area contributed by atoms with Gasteiger partial charge in [0.25, 0.3) is 0 Å². The van der Waals surface area contributed by atoms with Gasteiger partial charge >= 0.3 is 13.1 Å². The Hall–Kier alpha value is -1.63. The Labute approximate surface area is 108 Å². The second-order valence-corrected chi connectivity index (χ2v) is 4.84. The highest BCUT2D eigenvalue weighted by Crippen LogP contribution is 2.18. The Bertz CT molecular complexity index is 582. The van der Waals surface area contributed by atoms with E-state index in [0.29, 0.717) is 22.7 Å². The van der Waals surface area contributed by atoms with Gasteiger partial charge in [-0.1, -0.05) is 12.1 Å². The molecule has 0 radical (unpaired) electrons. The van der Waals surface area contributed by atoms with Crippen molar-refractivity contribution in [3.8, 4) is 5.75 Å². The minimum Gasteiger partial charge on any atom is -0.423 e. The van der Waals surface area contributed by atoms with E-state index in [4.69, 9.17) is 9.39 Å². The van der Waals surface area contributed by atoms with E-state index in [0.717, 1.165) is 5.56 Å². The Morgan fingerprint density at radius 1 is 1.44 bits per heavy atom. The van der Waals surface area contributed by atoms with Gasteiger partial charge < -0.3 is 14.4 Å². The van der Waals surface area contributed by atoms with Gasteiger partial charge in [0.05, 0.1) is 6.61 Å². The van der Waals surface area contributed by atoms with E-state index in [1.165, 1.54) is 11.3 Å². The molecule has 0 amide bonds. The fourth-order valence-corrected chi connectivity index (χ4v) is 2.41. The molecule has 3 rings (SSSR count). The summed E-state index contributed by atoms with van der Waals surface area (Å²) >= 11 is 1.33. The minimum atomic E-state index is -0.930. The molecule has 0 spiro atoms. The third-order valence-corrected chi connectivity index (χ3v) is 3.56. The van der Waals surface area contributed by atoms with Gasteiger partial charge in [-0.25, -0.2) is 4.79 Å². The van der Waals surface area contributed by atoms with E-state index in [1.54, 1.807) is 30.3 Å². The fourth-order valence-electron chi connectivity index (χ4n) is 1.81. The van der Waals surface area contributed by atoms with E-state index >= 15 is 0 Å². The van der Waals surface area contributed by atoms with E-state index in [-0.39, 0.29) is 0 Å². The number of carbonyl (C=O) groups excluding carboxylic acids is 1. The van der Waals surface area contributed by atoms with Gasteiger partial charge in [0.1, 0.15) is 10.6 Å². The quantitative estimate of drug-likeness (QED) is 0.500. The van der Waals surface area contributed by atoms with Gasteiger partial charge in [-0.2, -0.15) is 0 Å². The second kappa shape index (κ2) is 4.57. The molecular weight excluding hydrogens is 251 g/mol. The highest BCUT2D eigenvalue weighted by Gasteiger charge is 2.27. The van der Waals surface area contributed by atoms with Crippen LogP contribution >= 0.6 is 11.3 Å². The van der Waals surface area contributed by atoms with Crippen molar-refractivity contribution in [1.29, 1.82) is 0 Å². The van der Waals surface area contributed by atoms with Crippen molar-refractivity contribution >= 4 is 29.9 Å². The zero-order chi connectivity index (χ0) is 12.5. The Morgan fingerprint density at radius 2 is 2.33 bits per heavy atom. The molecule has 0 saturated heterocycles. The predicted octanol–water partition coefficient (Wildman–Crippen LogP) is 1.19. The molecule has 1 aromatic carbocycles. The Balaban J connectivity index is 1.82. The van der Waals surface area contributed by atoms with Gasteiger partial charge in [-0.15, -0.1) is 11.3 Å². The summed E-state index contributed by atoms with van der Waals surface area (Å²) in [4.78, 5) is 12.3. The molecule has 1 aliphatic heterocycles. The average molecular weight is 260 g/mol. The molecule has 0 aliphatic carbocycles. The number of hydrogen-bond acceptors (Lipinski definition) is 5. The fraction of sp³-hybridized carbons (Fsp3) is 0.0833. The van der Waals surface area contributed by atoms with Crippen molar-refractivity contribution in [2.45, 2.75) is 6.61 Å². The molecule has 0 unspecified atom stereocenters. The van der Waals surface area contributed by atoms with Crippen molar-refractivity contribution in [3.05, 3.63) is 46.2 Å². The third kappa shape index (κ3) is 2.05. The van der Waals surface area contributed by atoms with Crippen molar-refractivity contribution in [2.24, 2.45) is 0 Å². The average Bonchev–Trinajstić information content (AvgIpc) is 3.00. The molecule has 18 heavy (non-hydrogen) atoms. The third-order valence-electron chi connectivity index (χ3n) is 2.71. The topological polar surface area (TPSA) is 55.8 Å². The molecule has 2 aromatic rings. The summed E-state index contributed by atoms with van der Waals surface area (Å²) < 4.78 is 10.3. The number of ether oxygens (including phenoxy) is 1. The van der Waals surface area contributed by atoms with E-state index < -0.39 is 13.1 Å². The number of carbonyl (C=O) groups is 1. The molecule has 2 heterocycles. The smallest absolute Gasteiger partial charge is 0.423 e. The minimum absolute atomic E-state index is 0.385. The summed E-state index contributed by atoms with van der Waals surface area (Å²) in [5, 5.41) is 11.4. The first-order valence-electron chi connectivity index (χ1n) is 5.42. The van der Waals surface area contributed by atoms with E-state index in [1.807, 2.05) is 5.38 Å². The predicted molar refractivity (Wildman–Crippen MR) is 68.1 cm³/mol. The lowest BCUT2D eigenvalue weighted by atomic mass is 9.79. The van der Waals surface area contributed by atoms with Crippen LogP contribution in [-0.2, 0) is 11.3 Å². The highest BCUT2D eigenvalue weighted by molar-refractivity contribution is 7.12. The van der Waals surface area contributed by atoms with Crippen molar-refractivity contribution in [3.63, 3.8) is 0 Å². The summed E-state index contributed by atoms with van der Waals surface area (Å²) in [6.45, 7) is 0.385. The lowest BCUT2D eigenvalue weighted by molar-refractivity contribution is 0.0740. The lowest BCUT2D eigenvalue weighted by Gasteiger charge is -2.05. The van der Waals surface area contributed by atoms with Crippen LogP contribution in [0.2, 0.25) is 0 Å². The summed E-state index contributed by atoms with van der Waals surface area (Å²) in [6, 6.07) is 8.63. The van der Waals surface area contributed by atoms with Crippen LogP contribution in [-0.4, -0.2) is 18.1 Å². The molecule has 6 heteroatoms. The molecule has 1 N–H and O–H groups in total. The number of thiophene rings is 1. The highest BCUT2D eigenvalue weighted by atomic mass is 32.1. The molecule has 1 aliphatic rings. The number of hydrogen-bond donors (Lipinski definition) is 1. The zero-order valence-corrected chi connectivity index (χ0v) is 10.1. The molecule has 90 valence electrons. The molecule has 0 saturated carbocycles. The number of benzene rings is 1. The molecular formula is C12H9BO4S. The number of rotatable bonds is 2. The summed E-state index contributed by atoms with van der Waals surface area (Å²) in [7, 11) is -0.930. The first kappa shape index (κ1) is 11.5. The van der Waals surface area contributed by atoms with Crippen molar-refractivity contribution in [2.75, 3.05) is 0 Å². The van der Waals surface area contributed by atoms with Crippen LogP contribution in [0, 0.1) is 0 Å². The van der Waals surface area contributed by atoms with Crippen molar-refractivity contribution in [1.82, 2.24) is 0 Å². The zero-order valence-electron chi connectivity index (χ0n) is 9.33. The van der Waals surface area contributed by atoms with Gasteiger partial charge in [0.2, 0.25) is 0 Å².